The first kappa shape index (κ1) is 55.3. The molecular weight excluding hydrogens is 1090 g/mol. The van der Waals surface area contributed by atoms with Crippen molar-refractivity contribution in [2.24, 2.45) is 0 Å². The SMILES string of the molecule is CCC(C)(C)c1ccc(C2(c3ccc(N4C(=O)c5ccc(C(=O)Nc6ccc(C7(c8ccc(NC(=O)c9ccc%10c(c9)C(=O)N(C(C)(C)CC)C%10=O)cc8)c8ccccc8-c8ccccc87)cc6)cc5C4=O)cc3)c3ccccc3-c3ccccc32)cc1. The third-order valence-electron chi connectivity index (χ3n) is 19.4. The molecule has 0 aromatic heterocycles. The fourth-order valence-corrected chi connectivity index (χ4v) is 14.0. The van der Waals surface area contributed by atoms with E-state index in [1.165, 1.54) is 27.5 Å². The largest absolute Gasteiger partial charge is 0.322 e. The lowest BCUT2D eigenvalue weighted by Gasteiger charge is -2.35. The minimum atomic E-state index is -0.810. The number of benzene rings is 10. The van der Waals surface area contributed by atoms with Crippen molar-refractivity contribution in [1.82, 2.24) is 4.90 Å². The van der Waals surface area contributed by atoms with Gasteiger partial charge in [0, 0.05) is 28.0 Å². The fraction of sp³-hybridized carbons (Fsp3) is 0.154. The first-order valence-corrected chi connectivity index (χ1v) is 30.0. The Morgan fingerprint density at radius 3 is 1.11 bits per heavy atom. The highest BCUT2D eigenvalue weighted by Gasteiger charge is 2.49. The standard InChI is InChI=1S/C78H62N4O6/c1-7-75(3,4)49-27-29-50(30-28-49)77(65-21-13-9-17-57(65)58-18-10-14-22-66(58)77)53-35-41-56(42-36-53)81-71(85)61-43-25-47(45-63(61)72(81)86)69(83)79-54-37-31-51(32-38-54)78(67-23-15-11-19-59(67)60-20-12-16-24-68(60)78)52-33-39-55(40-34-52)80-70(84)48-26-44-62-64(46-48)74(88)82(73(62)87)76(5,6)8-2/h9-46H,7-8H2,1-6H3,(H,79,83)(H,80,84). The molecule has 4 aliphatic rings. The Kier molecular flexibility index (Phi) is 12.9. The van der Waals surface area contributed by atoms with Crippen LogP contribution in [0.15, 0.2) is 231 Å². The molecule has 2 N–H and O–H groups in total. The number of fused-ring (bicyclic) bond motifs is 8. The zero-order valence-electron chi connectivity index (χ0n) is 49.7. The number of carbonyl (C=O) groups is 6. The molecule has 10 aromatic carbocycles. The van der Waals surface area contributed by atoms with Gasteiger partial charge in [0.1, 0.15) is 0 Å². The molecule has 88 heavy (non-hydrogen) atoms. The van der Waals surface area contributed by atoms with E-state index >= 15 is 0 Å². The molecule has 0 spiro atoms. The van der Waals surface area contributed by atoms with Gasteiger partial charge < -0.3 is 10.6 Å². The second-order valence-electron chi connectivity index (χ2n) is 24.7. The number of anilines is 3. The summed E-state index contributed by atoms with van der Waals surface area (Å²) in [7, 11) is 0. The molecule has 0 radical (unpaired) electrons. The average molecular weight is 1150 g/mol. The average Bonchev–Trinajstić information content (AvgIpc) is 1.55. The van der Waals surface area contributed by atoms with Crippen LogP contribution in [0.25, 0.3) is 22.3 Å². The van der Waals surface area contributed by atoms with Gasteiger partial charge in [-0.3, -0.25) is 33.7 Å². The number of amides is 6. The Morgan fingerprint density at radius 2 is 0.716 bits per heavy atom. The molecule has 0 fully saturated rings. The molecular formula is C78H62N4O6. The van der Waals surface area contributed by atoms with E-state index < -0.39 is 45.9 Å². The quantitative estimate of drug-likeness (QED) is 0.111. The highest BCUT2D eigenvalue weighted by molar-refractivity contribution is 6.35. The van der Waals surface area contributed by atoms with Crippen molar-refractivity contribution in [1.29, 1.82) is 0 Å². The van der Waals surface area contributed by atoms with Gasteiger partial charge in [0.05, 0.1) is 38.8 Å². The lowest BCUT2D eigenvalue weighted by atomic mass is 9.67. The van der Waals surface area contributed by atoms with Gasteiger partial charge in [0.25, 0.3) is 35.4 Å². The molecule has 2 aliphatic carbocycles. The maximum Gasteiger partial charge on any atom is 0.266 e. The molecule has 0 saturated carbocycles. The first-order chi connectivity index (χ1) is 42.5. The molecule has 6 amide bonds. The third-order valence-corrected chi connectivity index (χ3v) is 19.4. The summed E-state index contributed by atoms with van der Waals surface area (Å²) in [6, 6.07) is 75.3. The van der Waals surface area contributed by atoms with Gasteiger partial charge in [-0.25, -0.2) is 4.90 Å². The van der Waals surface area contributed by atoms with Crippen molar-refractivity contribution in [3.8, 4) is 22.3 Å². The molecule has 430 valence electrons. The van der Waals surface area contributed by atoms with Crippen LogP contribution >= 0.6 is 0 Å². The number of rotatable bonds is 13. The molecule has 0 bridgehead atoms. The van der Waals surface area contributed by atoms with Gasteiger partial charge in [-0.15, -0.1) is 0 Å². The molecule has 0 unspecified atom stereocenters. The molecule has 0 saturated heterocycles. The second-order valence-corrected chi connectivity index (χ2v) is 24.7. The zero-order chi connectivity index (χ0) is 61.0. The van der Waals surface area contributed by atoms with E-state index in [4.69, 9.17) is 0 Å². The first-order valence-electron chi connectivity index (χ1n) is 30.0. The Bertz CT molecular complexity index is 4510. The van der Waals surface area contributed by atoms with Crippen molar-refractivity contribution in [2.45, 2.75) is 76.2 Å². The van der Waals surface area contributed by atoms with Gasteiger partial charge in [-0.1, -0.05) is 185 Å². The van der Waals surface area contributed by atoms with Gasteiger partial charge in [-0.2, -0.15) is 0 Å². The summed E-state index contributed by atoms with van der Waals surface area (Å²) in [5, 5.41) is 6.05. The number of nitrogens with one attached hydrogen (secondary N) is 2. The van der Waals surface area contributed by atoms with Gasteiger partial charge in [-0.05, 0) is 177 Å². The minimum absolute atomic E-state index is 0.00834. The molecule has 10 heteroatoms. The molecule has 14 rings (SSSR count). The highest BCUT2D eigenvalue weighted by Crippen LogP contribution is 2.58. The number of hydrogen-bond acceptors (Lipinski definition) is 6. The van der Waals surface area contributed by atoms with Crippen LogP contribution in [0.3, 0.4) is 0 Å². The molecule has 2 aliphatic heterocycles. The second kappa shape index (κ2) is 20.6. The normalized spacial score (nSPS) is 14.9. The van der Waals surface area contributed by atoms with Gasteiger partial charge in [0.2, 0.25) is 0 Å². The minimum Gasteiger partial charge on any atom is -0.322 e. The topological polar surface area (TPSA) is 133 Å². The molecule has 2 heterocycles. The summed E-state index contributed by atoms with van der Waals surface area (Å²) in [5.41, 5.74) is 14.9. The summed E-state index contributed by atoms with van der Waals surface area (Å²) in [5.74, 6) is -2.61. The van der Waals surface area contributed by atoms with E-state index in [0.29, 0.717) is 23.5 Å². The van der Waals surface area contributed by atoms with Crippen molar-refractivity contribution in [3.05, 3.63) is 314 Å². The van der Waals surface area contributed by atoms with Crippen LogP contribution in [0.5, 0.6) is 0 Å². The van der Waals surface area contributed by atoms with Crippen molar-refractivity contribution in [2.75, 3.05) is 15.5 Å². The Labute approximate surface area is 511 Å². The van der Waals surface area contributed by atoms with E-state index in [0.717, 1.165) is 73.2 Å². The predicted molar refractivity (Wildman–Crippen MR) is 346 cm³/mol. The van der Waals surface area contributed by atoms with Crippen LogP contribution in [0.2, 0.25) is 0 Å². The monoisotopic (exact) mass is 1150 g/mol. The highest BCUT2D eigenvalue weighted by atomic mass is 16.2. The van der Waals surface area contributed by atoms with Crippen LogP contribution in [0.1, 0.15) is 167 Å². The lowest BCUT2D eigenvalue weighted by Crippen LogP contribution is -2.47. The summed E-state index contributed by atoms with van der Waals surface area (Å²) < 4.78 is 0. The van der Waals surface area contributed by atoms with Crippen molar-refractivity contribution < 1.29 is 28.8 Å². The van der Waals surface area contributed by atoms with Crippen LogP contribution in [0.4, 0.5) is 17.1 Å². The number of nitrogens with zero attached hydrogens (tertiary/aromatic N) is 2. The molecule has 10 aromatic rings. The Balaban J connectivity index is 0.725. The maximum absolute atomic E-state index is 14.5. The summed E-state index contributed by atoms with van der Waals surface area (Å²) >= 11 is 0. The number of carbonyl (C=O) groups excluding carboxylic acids is 6. The number of hydrogen-bond donors (Lipinski definition) is 2. The van der Waals surface area contributed by atoms with E-state index in [1.54, 1.807) is 24.3 Å². The van der Waals surface area contributed by atoms with E-state index in [2.05, 4.69) is 128 Å². The van der Waals surface area contributed by atoms with E-state index in [1.807, 2.05) is 118 Å². The van der Waals surface area contributed by atoms with Crippen LogP contribution in [-0.4, -0.2) is 45.9 Å². The van der Waals surface area contributed by atoms with Gasteiger partial charge in [0.15, 0.2) is 0 Å². The summed E-state index contributed by atoms with van der Waals surface area (Å²) in [4.78, 5) is 86.1. The van der Waals surface area contributed by atoms with E-state index in [-0.39, 0.29) is 44.7 Å². The summed E-state index contributed by atoms with van der Waals surface area (Å²) in [6.45, 7) is 12.4. The molecule has 10 nitrogen and oxygen atoms in total. The summed E-state index contributed by atoms with van der Waals surface area (Å²) in [6.07, 6.45) is 1.58. The van der Waals surface area contributed by atoms with E-state index in [9.17, 15) is 28.8 Å². The van der Waals surface area contributed by atoms with Crippen LogP contribution < -0.4 is 15.5 Å². The molecule has 0 atom stereocenters. The Hall–Kier alpha value is -10.6. The van der Waals surface area contributed by atoms with Crippen LogP contribution in [-0.2, 0) is 16.2 Å². The van der Waals surface area contributed by atoms with Crippen LogP contribution in [0, 0.1) is 0 Å². The maximum atomic E-state index is 14.5. The predicted octanol–water partition coefficient (Wildman–Crippen LogP) is 16.2. The lowest BCUT2D eigenvalue weighted by molar-refractivity contribution is 0.0473. The number of imide groups is 2. The smallest absolute Gasteiger partial charge is 0.266 e. The zero-order valence-corrected chi connectivity index (χ0v) is 49.7. The Morgan fingerprint density at radius 1 is 0.375 bits per heavy atom. The van der Waals surface area contributed by atoms with Crippen molar-refractivity contribution in [3.63, 3.8) is 0 Å². The third kappa shape index (κ3) is 8.22. The van der Waals surface area contributed by atoms with Crippen molar-refractivity contribution >= 4 is 52.5 Å². The fourth-order valence-electron chi connectivity index (χ4n) is 14.0. The van der Waals surface area contributed by atoms with Gasteiger partial charge >= 0.3 is 0 Å².